The molecule has 0 atom stereocenters. The predicted octanol–water partition coefficient (Wildman–Crippen LogP) is 3.37. The first-order valence-electron chi connectivity index (χ1n) is 9.37. The van der Waals surface area contributed by atoms with Gasteiger partial charge in [0.1, 0.15) is 12.4 Å². The van der Waals surface area contributed by atoms with Gasteiger partial charge in [-0.05, 0) is 47.7 Å². The Bertz CT molecular complexity index is 1230. The lowest BCUT2D eigenvalue weighted by atomic mass is 10.1. The van der Waals surface area contributed by atoms with Crippen molar-refractivity contribution in [3.05, 3.63) is 90.2 Å². The van der Waals surface area contributed by atoms with Crippen molar-refractivity contribution in [1.82, 2.24) is 20.2 Å². The van der Waals surface area contributed by atoms with Crippen LogP contribution in [0.1, 0.15) is 10.4 Å². The van der Waals surface area contributed by atoms with Crippen LogP contribution in [-0.2, 0) is 11.3 Å². The number of anilines is 2. The lowest BCUT2D eigenvalue weighted by Crippen LogP contribution is -2.20. The molecule has 1 aromatic heterocycles. The normalized spacial score (nSPS) is 10.5. The third kappa shape index (κ3) is 4.96. The zero-order valence-corrected chi connectivity index (χ0v) is 16.2. The number of nitrogens with one attached hydrogen (secondary N) is 2. The Morgan fingerprint density at radius 1 is 0.903 bits per heavy atom. The Hall–Kier alpha value is -4.40. The minimum Gasteiger partial charge on any atom is -0.324 e. The first-order valence-corrected chi connectivity index (χ1v) is 9.37. The largest absolute Gasteiger partial charge is 0.324 e. The monoisotopic (exact) mass is 416 g/mol. The van der Waals surface area contributed by atoms with Crippen molar-refractivity contribution >= 4 is 23.2 Å². The van der Waals surface area contributed by atoms with Gasteiger partial charge in [0.2, 0.25) is 11.7 Å². The number of carbonyl (C=O) groups excluding carboxylic acids is 2. The van der Waals surface area contributed by atoms with E-state index in [1.165, 1.54) is 23.0 Å². The summed E-state index contributed by atoms with van der Waals surface area (Å²) >= 11 is 0. The van der Waals surface area contributed by atoms with Gasteiger partial charge in [0.25, 0.3) is 5.91 Å². The zero-order valence-electron chi connectivity index (χ0n) is 16.2. The van der Waals surface area contributed by atoms with Gasteiger partial charge in [-0.25, -0.2) is 4.39 Å². The molecule has 0 bridgehead atoms. The summed E-state index contributed by atoms with van der Waals surface area (Å²) in [5, 5.41) is 17.6. The number of rotatable bonds is 6. The first-order chi connectivity index (χ1) is 15.1. The molecule has 0 aliphatic heterocycles. The van der Waals surface area contributed by atoms with Crippen molar-refractivity contribution in [2.45, 2.75) is 6.54 Å². The van der Waals surface area contributed by atoms with E-state index >= 15 is 0 Å². The molecule has 8 nitrogen and oxygen atoms in total. The van der Waals surface area contributed by atoms with E-state index in [4.69, 9.17) is 0 Å². The first kappa shape index (κ1) is 19.9. The molecule has 0 saturated heterocycles. The maximum Gasteiger partial charge on any atom is 0.255 e. The van der Waals surface area contributed by atoms with Crippen LogP contribution < -0.4 is 10.6 Å². The fraction of sp³-hybridized carbons (Fsp3) is 0.0455. The minimum atomic E-state index is -0.501. The van der Waals surface area contributed by atoms with Crippen LogP contribution in [0.2, 0.25) is 0 Å². The molecular formula is C22H17FN6O2. The summed E-state index contributed by atoms with van der Waals surface area (Å²) in [6.45, 7) is -0.125. The second kappa shape index (κ2) is 8.95. The second-order valence-electron chi connectivity index (χ2n) is 6.57. The molecule has 2 N–H and O–H groups in total. The summed E-state index contributed by atoms with van der Waals surface area (Å²) in [5.41, 5.74) is 1.80. The van der Waals surface area contributed by atoms with Crippen molar-refractivity contribution < 1.29 is 14.0 Å². The highest BCUT2D eigenvalue weighted by Gasteiger charge is 2.15. The fourth-order valence-corrected chi connectivity index (χ4v) is 2.88. The van der Waals surface area contributed by atoms with Crippen LogP contribution in [0, 0.1) is 5.82 Å². The van der Waals surface area contributed by atoms with Gasteiger partial charge in [-0.15, -0.1) is 10.2 Å². The molecule has 0 saturated carbocycles. The number of nitrogens with zero attached hydrogens (tertiary/aromatic N) is 4. The average Bonchev–Trinajstić information content (AvgIpc) is 3.23. The Morgan fingerprint density at radius 3 is 2.48 bits per heavy atom. The summed E-state index contributed by atoms with van der Waals surface area (Å²) in [6.07, 6.45) is 0. The second-order valence-corrected chi connectivity index (χ2v) is 6.57. The highest BCUT2D eigenvalue weighted by molar-refractivity contribution is 6.06. The van der Waals surface area contributed by atoms with Crippen LogP contribution in [0.15, 0.2) is 78.9 Å². The SMILES string of the molecule is O=C(Cn1nnc(-c2ccccc2NC(=O)c2cccc(F)c2)n1)Nc1ccccc1. The molecule has 0 spiro atoms. The summed E-state index contributed by atoms with van der Waals surface area (Å²) in [7, 11) is 0. The number of para-hydroxylation sites is 2. The van der Waals surface area contributed by atoms with Gasteiger partial charge < -0.3 is 10.6 Å². The summed E-state index contributed by atoms with van der Waals surface area (Å²) in [4.78, 5) is 25.8. The van der Waals surface area contributed by atoms with Crippen LogP contribution in [0.3, 0.4) is 0 Å². The topological polar surface area (TPSA) is 102 Å². The number of amides is 2. The highest BCUT2D eigenvalue weighted by Crippen LogP contribution is 2.25. The Labute approximate surface area is 176 Å². The van der Waals surface area contributed by atoms with E-state index in [1.807, 2.05) is 18.2 Å². The van der Waals surface area contributed by atoms with E-state index in [1.54, 1.807) is 36.4 Å². The standard InChI is InChI=1S/C22H17FN6O2/c23-16-8-6-7-15(13-16)22(31)25-19-12-5-4-11-18(19)21-26-28-29(27-21)14-20(30)24-17-9-2-1-3-10-17/h1-13H,14H2,(H,24,30)(H,25,31). The number of benzene rings is 3. The molecule has 0 aliphatic rings. The van der Waals surface area contributed by atoms with Crippen molar-refractivity contribution in [3.63, 3.8) is 0 Å². The predicted molar refractivity (Wildman–Crippen MR) is 113 cm³/mol. The molecule has 9 heteroatoms. The quantitative estimate of drug-likeness (QED) is 0.502. The lowest BCUT2D eigenvalue weighted by molar-refractivity contribution is -0.117. The van der Waals surface area contributed by atoms with Gasteiger partial charge in [0.15, 0.2) is 0 Å². The number of hydrogen-bond donors (Lipinski definition) is 2. The number of tetrazole rings is 1. The number of carbonyl (C=O) groups is 2. The molecule has 0 aliphatic carbocycles. The molecular weight excluding hydrogens is 399 g/mol. The summed E-state index contributed by atoms with van der Waals surface area (Å²) in [6, 6.07) is 21.3. The van der Waals surface area contributed by atoms with E-state index in [2.05, 4.69) is 26.0 Å². The maximum absolute atomic E-state index is 13.4. The number of aromatic nitrogens is 4. The fourth-order valence-electron chi connectivity index (χ4n) is 2.88. The third-order valence-electron chi connectivity index (χ3n) is 4.30. The number of halogens is 1. The molecule has 4 aromatic rings. The van der Waals surface area contributed by atoms with Crippen molar-refractivity contribution in [2.75, 3.05) is 10.6 Å². The van der Waals surface area contributed by atoms with Gasteiger partial charge in [0.05, 0.1) is 5.69 Å². The van der Waals surface area contributed by atoms with Crippen LogP contribution in [0.4, 0.5) is 15.8 Å². The van der Waals surface area contributed by atoms with Gasteiger partial charge >= 0.3 is 0 Å². The van der Waals surface area contributed by atoms with Gasteiger partial charge in [-0.1, -0.05) is 36.4 Å². The van der Waals surface area contributed by atoms with Crippen molar-refractivity contribution in [1.29, 1.82) is 0 Å². The zero-order chi connectivity index (χ0) is 21.6. The minimum absolute atomic E-state index is 0.125. The van der Waals surface area contributed by atoms with E-state index in [-0.39, 0.29) is 23.8 Å². The van der Waals surface area contributed by atoms with Crippen molar-refractivity contribution in [3.8, 4) is 11.4 Å². The third-order valence-corrected chi connectivity index (χ3v) is 4.30. The molecule has 0 radical (unpaired) electrons. The summed E-state index contributed by atoms with van der Waals surface area (Å²) < 4.78 is 13.4. The van der Waals surface area contributed by atoms with Crippen LogP contribution >= 0.6 is 0 Å². The van der Waals surface area contributed by atoms with Crippen LogP contribution in [0.25, 0.3) is 11.4 Å². The molecule has 0 unspecified atom stereocenters. The molecule has 4 rings (SSSR count). The Balaban J connectivity index is 1.49. The Kier molecular flexibility index (Phi) is 5.75. The van der Waals surface area contributed by atoms with E-state index in [0.717, 1.165) is 6.07 Å². The number of hydrogen-bond acceptors (Lipinski definition) is 5. The molecule has 154 valence electrons. The maximum atomic E-state index is 13.4. The highest BCUT2D eigenvalue weighted by atomic mass is 19.1. The molecule has 0 fully saturated rings. The van der Waals surface area contributed by atoms with Gasteiger partial charge in [-0.2, -0.15) is 4.80 Å². The smallest absolute Gasteiger partial charge is 0.255 e. The molecule has 3 aromatic carbocycles. The van der Waals surface area contributed by atoms with E-state index in [0.29, 0.717) is 16.9 Å². The molecule has 1 heterocycles. The van der Waals surface area contributed by atoms with Gasteiger partial charge in [-0.3, -0.25) is 9.59 Å². The molecule has 31 heavy (non-hydrogen) atoms. The molecule has 2 amide bonds. The Morgan fingerprint density at radius 2 is 1.68 bits per heavy atom. The van der Waals surface area contributed by atoms with E-state index in [9.17, 15) is 14.0 Å². The lowest BCUT2D eigenvalue weighted by Gasteiger charge is -2.09. The van der Waals surface area contributed by atoms with Gasteiger partial charge in [0, 0.05) is 16.8 Å². The summed E-state index contributed by atoms with van der Waals surface area (Å²) in [5.74, 6) is -1.04. The van der Waals surface area contributed by atoms with Crippen LogP contribution in [0.5, 0.6) is 0 Å². The van der Waals surface area contributed by atoms with Crippen molar-refractivity contribution in [2.24, 2.45) is 0 Å². The average molecular weight is 416 g/mol. The van der Waals surface area contributed by atoms with Crippen LogP contribution in [-0.4, -0.2) is 32.0 Å². The van der Waals surface area contributed by atoms with E-state index < -0.39 is 11.7 Å².